The molecule has 0 bridgehead atoms. The van der Waals surface area contributed by atoms with Crippen molar-refractivity contribution in [3.8, 4) is 0 Å². The van der Waals surface area contributed by atoms with Crippen molar-refractivity contribution in [3.63, 3.8) is 0 Å². The molecule has 0 heterocycles. The van der Waals surface area contributed by atoms with Crippen molar-refractivity contribution in [1.82, 2.24) is 0 Å². The van der Waals surface area contributed by atoms with Crippen LogP contribution in [0, 0.1) is 0 Å². The third-order valence-corrected chi connectivity index (χ3v) is 8.76. The van der Waals surface area contributed by atoms with Gasteiger partial charge in [-0.05, 0) is 17.6 Å². The highest BCUT2D eigenvalue weighted by Gasteiger charge is 2.18. The molecule has 14 heavy (non-hydrogen) atoms. The maximum atomic E-state index is 6.25. The molecule has 1 aliphatic carbocycles. The first-order chi connectivity index (χ1) is 6.86. The van der Waals surface area contributed by atoms with Crippen molar-refractivity contribution < 1.29 is 4.12 Å². The van der Waals surface area contributed by atoms with Crippen molar-refractivity contribution in [2.45, 2.75) is 70.0 Å². The molecule has 3 heteroatoms. The summed E-state index contributed by atoms with van der Waals surface area (Å²) in [6.45, 7) is 4.58. The van der Waals surface area contributed by atoms with Gasteiger partial charge in [0.15, 0.2) is 9.04 Å². The number of hydrogen-bond acceptors (Lipinski definition) is 1. The molecule has 1 radical (unpaired) electrons. The normalized spacial score (nSPS) is 19.1. The van der Waals surface area contributed by atoms with Crippen molar-refractivity contribution in [2.75, 3.05) is 0 Å². The summed E-state index contributed by atoms with van der Waals surface area (Å²) in [6, 6.07) is 2.77. The van der Waals surface area contributed by atoms with Gasteiger partial charge in [-0.2, -0.15) is 0 Å². The van der Waals surface area contributed by atoms with Gasteiger partial charge in [0.2, 0.25) is 0 Å². The molecule has 0 atom stereocenters. The Bertz CT molecular complexity index is 129. The van der Waals surface area contributed by atoms with E-state index in [2.05, 4.69) is 13.8 Å². The highest BCUT2D eigenvalue weighted by Crippen LogP contribution is 2.29. The lowest BCUT2D eigenvalue weighted by Gasteiger charge is -2.16. The van der Waals surface area contributed by atoms with Gasteiger partial charge in [-0.1, -0.05) is 52.4 Å². The molecule has 1 rings (SSSR count). The van der Waals surface area contributed by atoms with E-state index in [1.54, 1.807) is 0 Å². The SMILES string of the molecule is CCC[Si](CCC)O[SiH2]C1CCCC1. The number of rotatable bonds is 7. The minimum Gasteiger partial charge on any atom is -0.460 e. The standard InChI is InChI=1S/C11H25OSi2/c1-3-9-14(10-4-2)12-13-11-7-5-6-8-11/h11H,3-10,13H2,1-2H3. The zero-order chi connectivity index (χ0) is 10.2. The average Bonchev–Trinajstić information content (AvgIpc) is 2.67. The van der Waals surface area contributed by atoms with E-state index < -0.39 is 0 Å². The molecule has 1 nitrogen and oxygen atoms in total. The first-order valence-electron chi connectivity index (χ1n) is 6.34. The van der Waals surface area contributed by atoms with Crippen LogP contribution in [0.3, 0.4) is 0 Å². The molecule has 0 spiro atoms. The molecule has 0 aromatic heterocycles. The lowest BCUT2D eigenvalue weighted by Crippen LogP contribution is -2.21. The van der Waals surface area contributed by atoms with Crippen molar-refractivity contribution in [2.24, 2.45) is 0 Å². The van der Waals surface area contributed by atoms with Crippen LogP contribution in [0.15, 0.2) is 0 Å². The third kappa shape index (κ3) is 4.76. The molecule has 1 aliphatic rings. The van der Waals surface area contributed by atoms with Gasteiger partial charge in [-0.3, -0.25) is 0 Å². The third-order valence-electron chi connectivity index (χ3n) is 3.06. The zero-order valence-corrected chi connectivity index (χ0v) is 12.3. The van der Waals surface area contributed by atoms with E-state index in [1.807, 2.05) is 0 Å². The zero-order valence-electron chi connectivity index (χ0n) is 9.85. The van der Waals surface area contributed by atoms with Gasteiger partial charge in [0.05, 0.1) is 0 Å². The Kier molecular flexibility index (Phi) is 6.81. The monoisotopic (exact) mass is 229 g/mol. The molecule has 0 amide bonds. The summed E-state index contributed by atoms with van der Waals surface area (Å²) < 4.78 is 6.25. The van der Waals surface area contributed by atoms with E-state index in [9.17, 15) is 0 Å². The summed E-state index contributed by atoms with van der Waals surface area (Å²) in [6.07, 6.45) is 8.58. The van der Waals surface area contributed by atoms with Crippen LogP contribution in [0.1, 0.15) is 52.4 Å². The fourth-order valence-electron chi connectivity index (χ4n) is 2.24. The van der Waals surface area contributed by atoms with Crippen LogP contribution in [0.4, 0.5) is 0 Å². The molecule has 1 fully saturated rings. The van der Waals surface area contributed by atoms with Gasteiger partial charge in [-0.25, -0.2) is 0 Å². The molecule has 0 aromatic rings. The largest absolute Gasteiger partial charge is 0.460 e. The first kappa shape index (κ1) is 12.5. The van der Waals surface area contributed by atoms with Crippen LogP contribution in [0.25, 0.3) is 0 Å². The summed E-state index contributed by atoms with van der Waals surface area (Å²) in [5.74, 6) is 0. The van der Waals surface area contributed by atoms with E-state index in [4.69, 9.17) is 4.12 Å². The fraction of sp³-hybridized carbons (Fsp3) is 1.00. The Balaban J connectivity index is 2.10. The van der Waals surface area contributed by atoms with Crippen LogP contribution in [0.5, 0.6) is 0 Å². The molecule has 0 saturated heterocycles. The first-order valence-corrected chi connectivity index (χ1v) is 9.56. The maximum absolute atomic E-state index is 6.25. The van der Waals surface area contributed by atoms with Crippen LogP contribution >= 0.6 is 0 Å². The summed E-state index contributed by atoms with van der Waals surface area (Å²) in [5.41, 5.74) is 1.05. The second-order valence-corrected chi connectivity index (χ2v) is 9.22. The van der Waals surface area contributed by atoms with E-state index >= 15 is 0 Å². The van der Waals surface area contributed by atoms with Crippen LogP contribution in [-0.4, -0.2) is 18.8 Å². The van der Waals surface area contributed by atoms with Crippen LogP contribution in [-0.2, 0) is 4.12 Å². The van der Waals surface area contributed by atoms with Gasteiger partial charge in [-0.15, -0.1) is 0 Å². The predicted molar refractivity (Wildman–Crippen MR) is 67.8 cm³/mol. The highest BCUT2D eigenvalue weighted by atomic mass is 28.3. The van der Waals surface area contributed by atoms with Crippen molar-refractivity contribution >= 4 is 18.8 Å². The van der Waals surface area contributed by atoms with Gasteiger partial charge >= 0.3 is 0 Å². The molecule has 0 N–H and O–H groups in total. The minimum absolute atomic E-state index is 0.155. The summed E-state index contributed by atoms with van der Waals surface area (Å²) in [5, 5.41) is 0. The Morgan fingerprint density at radius 2 is 1.71 bits per heavy atom. The second-order valence-electron chi connectivity index (χ2n) is 4.50. The van der Waals surface area contributed by atoms with E-state index in [-0.39, 0.29) is 18.8 Å². The Hall–Kier alpha value is 0.394. The molecular weight excluding hydrogens is 204 g/mol. The van der Waals surface area contributed by atoms with Crippen LogP contribution < -0.4 is 0 Å². The minimum atomic E-state index is -0.372. The smallest absolute Gasteiger partial charge is 0.197 e. The van der Waals surface area contributed by atoms with E-state index in [0.717, 1.165) is 5.54 Å². The summed E-state index contributed by atoms with van der Waals surface area (Å²) in [7, 11) is -0.527. The Morgan fingerprint density at radius 3 is 2.21 bits per heavy atom. The molecule has 0 unspecified atom stereocenters. The van der Waals surface area contributed by atoms with E-state index in [1.165, 1.54) is 50.6 Å². The number of hydrogen-bond donors (Lipinski definition) is 0. The van der Waals surface area contributed by atoms with Crippen molar-refractivity contribution in [3.05, 3.63) is 0 Å². The summed E-state index contributed by atoms with van der Waals surface area (Å²) in [4.78, 5) is 0. The molecule has 83 valence electrons. The fourth-order valence-corrected chi connectivity index (χ4v) is 7.56. The molecular formula is C11H25OSi2. The average molecular weight is 229 g/mol. The Morgan fingerprint density at radius 1 is 1.14 bits per heavy atom. The molecule has 0 aliphatic heterocycles. The Labute approximate surface area is 93.3 Å². The van der Waals surface area contributed by atoms with Gasteiger partial charge < -0.3 is 4.12 Å². The predicted octanol–water partition coefficient (Wildman–Crippen LogP) is 3.26. The van der Waals surface area contributed by atoms with E-state index in [0.29, 0.717) is 0 Å². The lowest BCUT2D eigenvalue weighted by atomic mass is 10.4. The highest BCUT2D eigenvalue weighted by molar-refractivity contribution is 6.58. The quantitative estimate of drug-likeness (QED) is 0.609. The molecule has 0 aromatic carbocycles. The van der Waals surface area contributed by atoms with Gasteiger partial charge in [0.1, 0.15) is 9.76 Å². The summed E-state index contributed by atoms with van der Waals surface area (Å²) >= 11 is 0. The van der Waals surface area contributed by atoms with Crippen molar-refractivity contribution in [1.29, 1.82) is 0 Å². The lowest BCUT2D eigenvalue weighted by molar-refractivity contribution is 0.572. The second kappa shape index (κ2) is 7.66. The van der Waals surface area contributed by atoms with Gasteiger partial charge in [0, 0.05) is 0 Å². The van der Waals surface area contributed by atoms with Crippen LogP contribution in [0.2, 0.25) is 17.6 Å². The molecule has 1 saturated carbocycles. The van der Waals surface area contributed by atoms with Gasteiger partial charge in [0.25, 0.3) is 0 Å². The topological polar surface area (TPSA) is 9.23 Å². The maximum Gasteiger partial charge on any atom is 0.197 e.